The van der Waals surface area contributed by atoms with E-state index in [4.69, 9.17) is 5.73 Å². The SMILES string of the molecule is CCNC1(C(N)=O)CCC(N2CCC(C(C)(C)C)C2)C1. The maximum atomic E-state index is 11.8. The highest BCUT2D eigenvalue weighted by Gasteiger charge is 2.46. The number of rotatable bonds is 4. The van der Waals surface area contributed by atoms with E-state index in [2.05, 4.69) is 31.0 Å². The molecule has 0 radical (unpaired) electrons. The van der Waals surface area contributed by atoms with E-state index in [1.165, 1.54) is 19.5 Å². The first-order valence-electron chi connectivity index (χ1n) is 8.07. The Morgan fingerprint density at radius 2 is 2.10 bits per heavy atom. The van der Waals surface area contributed by atoms with Crippen molar-refractivity contribution in [3.63, 3.8) is 0 Å². The molecular formula is C16H31N3O. The first kappa shape index (κ1) is 15.8. The number of nitrogens with two attached hydrogens (primary N) is 1. The number of likely N-dealkylation sites (N-methyl/N-ethyl adjacent to an activating group) is 1. The Labute approximate surface area is 123 Å². The van der Waals surface area contributed by atoms with Gasteiger partial charge in [-0.1, -0.05) is 27.7 Å². The molecule has 0 spiro atoms. The molecule has 2 fully saturated rings. The highest BCUT2D eigenvalue weighted by atomic mass is 16.1. The van der Waals surface area contributed by atoms with Gasteiger partial charge in [-0.2, -0.15) is 0 Å². The van der Waals surface area contributed by atoms with E-state index in [1.807, 2.05) is 6.92 Å². The minimum absolute atomic E-state index is 0.173. The van der Waals surface area contributed by atoms with Crippen molar-refractivity contribution in [3.05, 3.63) is 0 Å². The van der Waals surface area contributed by atoms with Gasteiger partial charge < -0.3 is 11.1 Å². The fourth-order valence-corrected chi connectivity index (χ4v) is 3.97. The van der Waals surface area contributed by atoms with E-state index < -0.39 is 5.54 Å². The maximum absolute atomic E-state index is 11.8. The quantitative estimate of drug-likeness (QED) is 0.825. The lowest BCUT2D eigenvalue weighted by molar-refractivity contribution is -0.124. The van der Waals surface area contributed by atoms with Gasteiger partial charge in [-0.15, -0.1) is 0 Å². The van der Waals surface area contributed by atoms with Gasteiger partial charge in [-0.05, 0) is 50.1 Å². The number of amides is 1. The number of carbonyl (C=O) groups is 1. The molecule has 1 heterocycles. The molecule has 0 aromatic carbocycles. The summed E-state index contributed by atoms with van der Waals surface area (Å²) in [5.74, 6) is 0.596. The Hall–Kier alpha value is -0.610. The van der Waals surface area contributed by atoms with Gasteiger partial charge in [0, 0.05) is 12.6 Å². The predicted octanol–water partition coefficient (Wildman–Crippen LogP) is 1.74. The third-order valence-corrected chi connectivity index (χ3v) is 5.44. The van der Waals surface area contributed by atoms with Crippen LogP contribution in [-0.2, 0) is 4.79 Å². The number of primary amides is 1. The zero-order chi connectivity index (χ0) is 15.0. The fraction of sp³-hybridized carbons (Fsp3) is 0.938. The van der Waals surface area contributed by atoms with Crippen LogP contribution in [0.25, 0.3) is 0 Å². The minimum Gasteiger partial charge on any atom is -0.368 e. The first-order valence-corrected chi connectivity index (χ1v) is 8.07. The van der Waals surface area contributed by atoms with Crippen molar-refractivity contribution >= 4 is 5.91 Å². The molecule has 0 aromatic rings. The molecule has 3 unspecified atom stereocenters. The zero-order valence-electron chi connectivity index (χ0n) is 13.5. The fourth-order valence-electron chi connectivity index (χ4n) is 3.97. The first-order chi connectivity index (χ1) is 9.28. The minimum atomic E-state index is -0.459. The standard InChI is InChI=1S/C16H31N3O/c1-5-18-16(14(17)20)8-6-13(10-16)19-9-7-12(11-19)15(2,3)4/h12-13,18H,5-11H2,1-4H3,(H2,17,20). The summed E-state index contributed by atoms with van der Waals surface area (Å²) >= 11 is 0. The Kier molecular flexibility index (Phi) is 4.45. The molecule has 20 heavy (non-hydrogen) atoms. The lowest BCUT2D eigenvalue weighted by Gasteiger charge is -2.31. The van der Waals surface area contributed by atoms with Crippen LogP contribution in [0.15, 0.2) is 0 Å². The molecule has 3 N–H and O–H groups in total. The Morgan fingerprint density at radius 3 is 2.60 bits per heavy atom. The van der Waals surface area contributed by atoms with E-state index in [0.29, 0.717) is 11.5 Å². The number of hydrogen-bond acceptors (Lipinski definition) is 3. The summed E-state index contributed by atoms with van der Waals surface area (Å²) in [4.78, 5) is 14.4. The van der Waals surface area contributed by atoms with Crippen LogP contribution in [0.1, 0.15) is 53.4 Å². The Balaban J connectivity index is 1.98. The maximum Gasteiger partial charge on any atom is 0.237 e. The van der Waals surface area contributed by atoms with E-state index >= 15 is 0 Å². The molecule has 2 rings (SSSR count). The lowest BCUT2D eigenvalue weighted by Crippen LogP contribution is -2.54. The molecule has 1 saturated heterocycles. The van der Waals surface area contributed by atoms with E-state index in [9.17, 15) is 4.79 Å². The summed E-state index contributed by atoms with van der Waals surface area (Å²) in [7, 11) is 0. The summed E-state index contributed by atoms with van der Waals surface area (Å²) in [6.45, 7) is 12.2. The zero-order valence-corrected chi connectivity index (χ0v) is 13.5. The molecule has 2 aliphatic rings. The van der Waals surface area contributed by atoms with Crippen LogP contribution in [0.5, 0.6) is 0 Å². The molecule has 4 nitrogen and oxygen atoms in total. The summed E-state index contributed by atoms with van der Waals surface area (Å²) in [6, 6.07) is 0.522. The predicted molar refractivity (Wildman–Crippen MR) is 82.4 cm³/mol. The van der Waals surface area contributed by atoms with Gasteiger partial charge in [0.1, 0.15) is 0 Å². The molecule has 4 heteroatoms. The second kappa shape index (κ2) is 5.64. The van der Waals surface area contributed by atoms with Gasteiger partial charge in [-0.3, -0.25) is 9.69 Å². The largest absolute Gasteiger partial charge is 0.368 e. The number of hydrogen-bond donors (Lipinski definition) is 2. The van der Waals surface area contributed by atoms with E-state index in [1.54, 1.807) is 0 Å². The van der Waals surface area contributed by atoms with Crippen molar-refractivity contribution < 1.29 is 4.79 Å². The van der Waals surface area contributed by atoms with Gasteiger partial charge in [0.25, 0.3) is 0 Å². The van der Waals surface area contributed by atoms with Gasteiger partial charge in [-0.25, -0.2) is 0 Å². The van der Waals surface area contributed by atoms with Crippen LogP contribution in [0, 0.1) is 11.3 Å². The Morgan fingerprint density at radius 1 is 1.40 bits per heavy atom. The average molecular weight is 281 g/mol. The van der Waals surface area contributed by atoms with Crippen molar-refractivity contribution in [1.82, 2.24) is 10.2 Å². The van der Waals surface area contributed by atoms with Crippen LogP contribution >= 0.6 is 0 Å². The molecule has 0 bridgehead atoms. The van der Waals surface area contributed by atoms with Crippen molar-refractivity contribution in [2.24, 2.45) is 17.1 Å². The van der Waals surface area contributed by atoms with Crippen LogP contribution in [-0.4, -0.2) is 42.0 Å². The monoisotopic (exact) mass is 281 g/mol. The second-order valence-corrected chi connectivity index (χ2v) is 7.72. The second-order valence-electron chi connectivity index (χ2n) is 7.72. The van der Waals surface area contributed by atoms with Crippen LogP contribution in [0.3, 0.4) is 0 Å². The topological polar surface area (TPSA) is 58.4 Å². The van der Waals surface area contributed by atoms with Crippen molar-refractivity contribution in [1.29, 1.82) is 0 Å². The van der Waals surface area contributed by atoms with Gasteiger partial charge >= 0.3 is 0 Å². The summed E-state index contributed by atoms with van der Waals surface area (Å²) in [6.07, 6.45) is 4.14. The molecule has 3 atom stereocenters. The molecular weight excluding hydrogens is 250 g/mol. The molecule has 1 saturated carbocycles. The summed E-state index contributed by atoms with van der Waals surface area (Å²) in [5.41, 5.74) is 5.58. The summed E-state index contributed by atoms with van der Waals surface area (Å²) in [5, 5.41) is 3.35. The molecule has 1 aliphatic heterocycles. The molecule has 1 aliphatic carbocycles. The molecule has 116 valence electrons. The highest BCUT2D eigenvalue weighted by Crippen LogP contribution is 2.39. The number of nitrogens with one attached hydrogen (secondary N) is 1. The van der Waals surface area contributed by atoms with Gasteiger partial charge in [0.2, 0.25) is 5.91 Å². The van der Waals surface area contributed by atoms with E-state index in [0.717, 1.165) is 31.7 Å². The third-order valence-electron chi connectivity index (χ3n) is 5.44. The number of nitrogens with zero attached hydrogens (tertiary/aromatic N) is 1. The van der Waals surface area contributed by atoms with Crippen LogP contribution < -0.4 is 11.1 Å². The lowest BCUT2D eigenvalue weighted by atomic mass is 9.80. The van der Waals surface area contributed by atoms with E-state index in [-0.39, 0.29) is 5.91 Å². The number of carbonyl (C=O) groups excluding carboxylic acids is 1. The molecule has 0 aromatic heterocycles. The third kappa shape index (κ3) is 3.01. The van der Waals surface area contributed by atoms with Crippen molar-refractivity contribution in [2.75, 3.05) is 19.6 Å². The average Bonchev–Trinajstić information content (AvgIpc) is 2.94. The highest BCUT2D eigenvalue weighted by molar-refractivity contribution is 5.85. The Bertz CT molecular complexity index is 363. The van der Waals surface area contributed by atoms with Crippen LogP contribution in [0.2, 0.25) is 0 Å². The van der Waals surface area contributed by atoms with Gasteiger partial charge in [0.15, 0.2) is 0 Å². The molecule has 1 amide bonds. The summed E-state index contributed by atoms with van der Waals surface area (Å²) < 4.78 is 0. The van der Waals surface area contributed by atoms with Crippen molar-refractivity contribution in [3.8, 4) is 0 Å². The number of likely N-dealkylation sites (tertiary alicyclic amines) is 1. The van der Waals surface area contributed by atoms with Crippen LogP contribution in [0.4, 0.5) is 0 Å². The van der Waals surface area contributed by atoms with Crippen molar-refractivity contribution in [2.45, 2.75) is 65.0 Å². The normalized spacial score (nSPS) is 35.6. The smallest absolute Gasteiger partial charge is 0.237 e. The van der Waals surface area contributed by atoms with Gasteiger partial charge in [0.05, 0.1) is 5.54 Å².